The summed E-state index contributed by atoms with van der Waals surface area (Å²) in [7, 11) is 0. The van der Waals surface area contributed by atoms with Gasteiger partial charge in [-0.1, -0.05) is 27.7 Å². The van der Waals surface area contributed by atoms with E-state index in [1.165, 1.54) is 13.8 Å². The van der Waals surface area contributed by atoms with Crippen molar-refractivity contribution in [3.63, 3.8) is 0 Å². The third-order valence-electron chi connectivity index (χ3n) is 4.06. The molecule has 0 aliphatic carbocycles. The van der Waals surface area contributed by atoms with Crippen LogP contribution in [-0.4, -0.2) is 17.7 Å². The molecule has 0 aromatic heterocycles. The van der Waals surface area contributed by atoms with Crippen molar-refractivity contribution in [2.75, 3.05) is 0 Å². The number of hydrogen-bond donors (Lipinski definition) is 0. The van der Waals surface area contributed by atoms with E-state index in [2.05, 4.69) is 0 Å². The lowest BCUT2D eigenvalue weighted by atomic mass is 9.75. The number of ketones is 2. The monoisotopic (exact) mass is 280 g/mol. The molecule has 19 heavy (non-hydrogen) atoms. The standard InChI is InChI=1S/C14H23F3O2/c1-5-10(6-2)11(18)9-12(19)13(7-3,8-4)14(15,16)17/h10H,5-9H2,1-4H3. The van der Waals surface area contributed by atoms with Crippen LogP contribution >= 0.6 is 0 Å². The molecular formula is C14H23F3O2. The molecule has 0 radical (unpaired) electrons. The molecule has 0 saturated carbocycles. The van der Waals surface area contributed by atoms with E-state index >= 15 is 0 Å². The highest BCUT2D eigenvalue weighted by Crippen LogP contribution is 2.45. The zero-order valence-corrected chi connectivity index (χ0v) is 12.1. The fourth-order valence-electron chi connectivity index (χ4n) is 2.42. The highest BCUT2D eigenvalue weighted by Gasteiger charge is 2.57. The lowest BCUT2D eigenvalue weighted by molar-refractivity contribution is -0.222. The fourth-order valence-corrected chi connectivity index (χ4v) is 2.42. The predicted molar refractivity (Wildman–Crippen MR) is 67.8 cm³/mol. The van der Waals surface area contributed by atoms with Gasteiger partial charge in [-0.25, -0.2) is 0 Å². The van der Waals surface area contributed by atoms with Crippen LogP contribution in [0.25, 0.3) is 0 Å². The molecule has 0 spiro atoms. The number of Topliss-reactive ketones (excluding diaryl/α,β-unsaturated/α-hetero) is 2. The Morgan fingerprint density at radius 1 is 0.947 bits per heavy atom. The van der Waals surface area contributed by atoms with Gasteiger partial charge in [0.2, 0.25) is 0 Å². The Kier molecular flexibility index (Phi) is 6.73. The Balaban J connectivity index is 5.11. The van der Waals surface area contributed by atoms with Crippen molar-refractivity contribution in [1.29, 1.82) is 0 Å². The minimum absolute atomic E-state index is 0.316. The first kappa shape index (κ1) is 18.1. The van der Waals surface area contributed by atoms with Gasteiger partial charge in [-0.3, -0.25) is 9.59 Å². The molecule has 0 bridgehead atoms. The van der Waals surface area contributed by atoms with Gasteiger partial charge in [0.1, 0.15) is 11.2 Å². The van der Waals surface area contributed by atoms with E-state index in [9.17, 15) is 22.8 Å². The second-order valence-corrected chi connectivity index (χ2v) is 4.87. The lowest BCUT2D eigenvalue weighted by Crippen LogP contribution is -2.45. The van der Waals surface area contributed by atoms with Crippen molar-refractivity contribution < 1.29 is 22.8 Å². The molecule has 5 heteroatoms. The number of alkyl halides is 3. The molecule has 112 valence electrons. The minimum Gasteiger partial charge on any atom is -0.299 e. The number of carbonyl (C=O) groups is 2. The fraction of sp³-hybridized carbons (Fsp3) is 0.857. The van der Waals surface area contributed by atoms with Gasteiger partial charge in [0.15, 0.2) is 5.78 Å². The first-order valence-electron chi connectivity index (χ1n) is 6.82. The first-order valence-corrected chi connectivity index (χ1v) is 6.82. The number of rotatable bonds is 8. The highest BCUT2D eigenvalue weighted by atomic mass is 19.4. The molecule has 0 heterocycles. The average molecular weight is 280 g/mol. The van der Waals surface area contributed by atoms with Crippen molar-refractivity contribution in [1.82, 2.24) is 0 Å². The van der Waals surface area contributed by atoms with Crippen LogP contribution in [0.3, 0.4) is 0 Å². The Hall–Kier alpha value is -0.870. The largest absolute Gasteiger partial charge is 0.401 e. The smallest absolute Gasteiger partial charge is 0.299 e. The lowest BCUT2D eigenvalue weighted by Gasteiger charge is -2.32. The molecule has 0 aliphatic rings. The molecule has 0 unspecified atom stereocenters. The molecule has 0 fully saturated rings. The normalized spacial score (nSPS) is 12.8. The van der Waals surface area contributed by atoms with Crippen LogP contribution in [0.15, 0.2) is 0 Å². The van der Waals surface area contributed by atoms with Gasteiger partial charge in [0.05, 0.1) is 6.42 Å². The molecule has 0 atom stereocenters. The summed E-state index contributed by atoms with van der Waals surface area (Å²) in [4.78, 5) is 23.8. The van der Waals surface area contributed by atoms with Crippen LogP contribution in [0.2, 0.25) is 0 Å². The van der Waals surface area contributed by atoms with Crippen LogP contribution < -0.4 is 0 Å². The predicted octanol–water partition coefficient (Wildman–Crippen LogP) is 4.32. The number of carbonyl (C=O) groups excluding carboxylic acids is 2. The van der Waals surface area contributed by atoms with Gasteiger partial charge < -0.3 is 0 Å². The van der Waals surface area contributed by atoms with E-state index in [0.29, 0.717) is 12.8 Å². The Labute approximate surface area is 112 Å². The summed E-state index contributed by atoms with van der Waals surface area (Å²) < 4.78 is 39.3. The summed E-state index contributed by atoms with van der Waals surface area (Å²) >= 11 is 0. The number of halogens is 3. The summed E-state index contributed by atoms with van der Waals surface area (Å²) in [5.41, 5.74) is -2.37. The summed E-state index contributed by atoms with van der Waals surface area (Å²) in [5.74, 6) is -1.67. The first-order chi connectivity index (χ1) is 8.70. The second-order valence-electron chi connectivity index (χ2n) is 4.87. The maximum atomic E-state index is 13.1. The van der Waals surface area contributed by atoms with Crippen LogP contribution in [0.1, 0.15) is 59.8 Å². The second kappa shape index (κ2) is 7.06. The quantitative estimate of drug-likeness (QED) is 0.620. The van der Waals surface area contributed by atoms with Gasteiger partial charge in [0, 0.05) is 5.92 Å². The maximum absolute atomic E-state index is 13.1. The van der Waals surface area contributed by atoms with E-state index in [1.807, 2.05) is 0 Å². The average Bonchev–Trinajstić information content (AvgIpc) is 2.30. The van der Waals surface area contributed by atoms with E-state index in [-0.39, 0.29) is 24.5 Å². The van der Waals surface area contributed by atoms with Crippen LogP contribution in [0.5, 0.6) is 0 Å². The molecule has 2 nitrogen and oxygen atoms in total. The van der Waals surface area contributed by atoms with Gasteiger partial charge in [0.25, 0.3) is 0 Å². The van der Waals surface area contributed by atoms with E-state index in [4.69, 9.17) is 0 Å². The Morgan fingerprint density at radius 3 is 1.63 bits per heavy atom. The number of hydrogen-bond acceptors (Lipinski definition) is 2. The maximum Gasteiger partial charge on any atom is 0.401 e. The van der Waals surface area contributed by atoms with Gasteiger partial charge >= 0.3 is 6.18 Å². The van der Waals surface area contributed by atoms with Crippen LogP contribution in [0.4, 0.5) is 13.2 Å². The topological polar surface area (TPSA) is 34.1 Å². The minimum atomic E-state index is -4.60. The molecule has 0 amide bonds. The third kappa shape index (κ3) is 3.80. The van der Waals surface area contributed by atoms with Gasteiger partial charge in [-0.2, -0.15) is 13.2 Å². The molecule has 0 aliphatic heterocycles. The Bertz CT molecular complexity index is 313. The molecule has 0 saturated heterocycles. The van der Waals surface area contributed by atoms with E-state index in [1.54, 1.807) is 13.8 Å². The van der Waals surface area contributed by atoms with E-state index in [0.717, 1.165) is 0 Å². The zero-order chi connectivity index (χ0) is 15.3. The molecule has 0 aromatic rings. The van der Waals surface area contributed by atoms with E-state index < -0.39 is 23.8 Å². The van der Waals surface area contributed by atoms with Crippen LogP contribution in [-0.2, 0) is 9.59 Å². The van der Waals surface area contributed by atoms with Crippen molar-refractivity contribution in [3.05, 3.63) is 0 Å². The van der Waals surface area contributed by atoms with Crippen LogP contribution in [0, 0.1) is 11.3 Å². The van der Waals surface area contributed by atoms with Crippen molar-refractivity contribution in [2.24, 2.45) is 11.3 Å². The summed E-state index contributed by atoms with van der Waals surface area (Å²) in [6, 6.07) is 0. The highest BCUT2D eigenvalue weighted by molar-refractivity contribution is 6.02. The SMILES string of the molecule is CCC(CC)C(=O)CC(=O)C(CC)(CC)C(F)(F)F. The van der Waals surface area contributed by atoms with Crippen molar-refractivity contribution in [3.8, 4) is 0 Å². The molecule has 0 rings (SSSR count). The third-order valence-corrected chi connectivity index (χ3v) is 4.06. The van der Waals surface area contributed by atoms with Gasteiger partial charge in [-0.05, 0) is 25.7 Å². The summed E-state index contributed by atoms with van der Waals surface area (Å²) in [5, 5.41) is 0. The summed E-state index contributed by atoms with van der Waals surface area (Å²) in [6.45, 7) is 6.29. The van der Waals surface area contributed by atoms with Gasteiger partial charge in [-0.15, -0.1) is 0 Å². The summed E-state index contributed by atoms with van der Waals surface area (Å²) in [6.07, 6.45) is -4.72. The molecule has 0 N–H and O–H groups in total. The van der Waals surface area contributed by atoms with Crippen molar-refractivity contribution >= 4 is 11.6 Å². The zero-order valence-electron chi connectivity index (χ0n) is 12.1. The molecular weight excluding hydrogens is 257 g/mol. The Morgan fingerprint density at radius 2 is 1.37 bits per heavy atom. The molecule has 0 aromatic carbocycles. The van der Waals surface area contributed by atoms with Crippen molar-refractivity contribution in [2.45, 2.75) is 66.0 Å².